The van der Waals surface area contributed by atoms with Gasteiger partial charge in [-0.2, -0.15) is 0 Å². The molecular weight excluding hydrogens is 264 g/mol. The number of anilines is 1. The predicted molar refractivity (Wildman–Crippen MR) is 82.5 cm³/mol. The Kier molecular flexibility index (Phi) is 3.31. The first-order chi connectivity index (χ1) is 10.2. The summed E-state index contributed by atoms with van der Waals surface area (Å²) in [6.45, 7) is 2.05. The number of nitrogen functional groups attached to an aromatic ring is 1. The van der Waals surface area contributed by atoms with E-state index in [4.69, 9.17) is 10.5 Å². The average molecular weight is 280 g/mol. The largest absolute Gasteiger partial charge is 0.494 e. The molecule has 3 rings (SSSR count). The fourth-order valence-electron chi connectivity index (χ4n) is 2.12. The van der Waals surface area contributed by atoms with Gasteiger partial charge in [0.1, 0.15) is 17.1 Å². The van der Waals surface area contributed by atoms with Gasteiger partial charge in [0, 0.05) is 11.3 Å². The van der Waals surface area contributed by atoms with Gasteiger partial charge in [0.25, 0.3) is 0 Å². The summed E-state index contributed by atoms with van der Waals surface area (Å²) in [4.78, 5) is 0. The number of nitrogens with zero attached hydrogens (tertiary/aromatic N) is 3. The maximum atomic E-state index is 5.84. The molecule has 0 saturated heterocycles. The molecular formula is C16H16N4O. The van der Waals surface area contributed by atoms with Gasteiger partial charge in [-0.3, -0.25) is 0 Å². The minimum atomic E-state index is 0.651. The number of methoxy groups -OCH3 is 1. The molecule has 106 valence electrons. The van der Waals surface area contributed by atoms with E-state index >= 15 is 0 Å². The van der Waals surface area contributed by atoms with Crippen molar-refractivity contribution >= 4 is 5.69 Å². The van der Waals surface area contributed by atoms with E-state index in [9.17, 15) is 0 Å². The highest BCUT2D eigenvalue weighted by atomic mass is 16.5. The van der Waals surface area contributed by atoms with Gasteiger partial charge in [0.2, 0.25) is 0 Å². The number of ether oxygens (including phenoxy) is 1. The molecule has 0 unspecified atom stereocenters. The molecule has 5 heteroatoms. The minimum absolute atomic E-state index is 0.651. The lowest BCUT2D eigenvalue weighted by molar-refractivity contribution is 0.411. The minimum Gasteiger partial charge on any atom is -0.494 e. The fourth-order valence-corrected chi connectivity index (χ4v) is 2.12. The third kappa shape index (κ3) is 2.58. The molecule has 2 aromatic carbocycles. The average Bonchev–Trinajstić information content (AvgIpc) is 2.97. The van der Waals surface area contributed by atoms with Gasteiger partial charge in [-0.25, -0.2) is 4.68 Å². The van der Waals surface area contributed by atoms with Gasteiger partial charge in [0.15, 0.2) is 0 Å². The monoisotopic (exact) mass is 280 g/mol. The van der Waals surface area contributed by atoms with E-state index in [1.807, 2.05) is 30.5 Å². The second-order valence-electron chi connectivity index (χ2n) is 4.85. The van der Waals surface area contributed by atoms with Gasteiger partial charge in [-0.1, -0.05) is 35.0 Å². The molecule has 2 N–H and O–H groups in total. The van der Waals surface area contributed by atoms with E-state index in [1.54, 1.807) is 17.9 Å². The van der Waals surface area contributed by atoms with Crippen LogP contribution >= 0.6 is 0 Å². The fraction of sp³-hybridized carbons (Fsp3) is 0.125. The standard InChI is InChI=1S/C16H16N4O/c1-11-3-5-12(6-4-11)14-10-20(19-18-14)15-9-13(17)7-8-16(15)21-2/h3-10H,17H2,1-2H3. The van der Waals surface area contributed by atoms with Crippen molar-refractivity contribution in [3.05, 3.63) is 54.2 Å². The van der Waals surface area contributed by atoms with Crippen LogP contribution in [-0.2, 0) is 0 Å². The first-order valence-electron chi connectivity index (χ1n) is 6.60. The molecule has 0 aliphatic carbocycles. The molecule has 0 fully saturated rings. The number of aromatic nitrogens is 3. The molecule has 0 amide bonds. The van der Waals surface area contributed by atoms with Crippen molar-refractivity contribution in [3.63, 3.8) is 0 Å². The smallest absolute Gasteiger partial charge is 0.144 e. The first kappa shape index (κ1) is 13.2. The van der Waals surface area contributed by atoms with E-state index in [0.717, 1.165) is 16.9 Å². The molecule has 0 radical (unpaired) electrons. The molecule has 3 aromatic rings. The van der Waals surface area contributed by atoms with Gasteiger partial charge >= 0.3 is 0 Å². The summed E-state index contributed by atoms with van der Waals surface area (Å²) in [5, 5.41) is 8.38. The highest BCUT2D eigenvalue weighted by Gasteiger charge is 2.10. The van der Waals surface area contributed by atoms with Crippen LogP contribution in [0.3, 0.4) is 0 Å². The molecule has 0 aliphatic heterocycles. The predicted octanol–water partition coefficient (Wildman–Crippen LogP) is 2.83. The van der Waals surface area contributed by atoms with Crippen molar-refractivity contribution in [2.45, 2.75) is 6.92 Å². The summed E-state index contributed by atoms with van der Waals surface area (Å²) in [5.41, 5.74) is 10.3. The Morgan fingerprint density at radius 2 is 1.86 bits per heavy atom. The normalized spacial score (nSPS) is 10.6. The maximum absolute atomic E-state index is 5.84. The van der Waals surface area contributed by atoms with Gasteiger partial charge < -0.3 is 10.5 Å². The summed E-state index contributed by atoms with van der Waals surface area (Å²) in [7, 11) is 1.62. The quantitative estimate of drug-likeness (QED) is 0.749. The van der Waals surface area contributed by atoms with E-state index in [0.29, 0.717) is 11.4 Å². The number of rotatable bonds is 3. The lowest BCUT2D eigenvalue weighted by Crippen LogP contribution is -2.00. The molecule has 1 heterocycles. The Labute approximate surface area is 123 Å². The number of hydrogen-bond donors (Lipinski definition) is 1. The van der Waals surface area contributed by atoms with Crippen molar-refractivity contribution in [3.8, 4) is 22.7 Å². The molecule has 21 heavy (non-hydrogen) atoms. The van der Waals surface area contributed by atoms with Crippen LogP contribution in [0.15, 0.2) is 48.7 Å². The van der Waals surface area contributed by atoms with Crippen LogP contribution in [0.4, 0.5) is 5.69 Å². The summed E-state index contributed by atoms with van der Waals surface area (Å²) < 4.78 is 7.01. The Morgan fingerprint density at radius 3 is 2.57 bits per heavy atom. The number of benzene rings is 2. The van der Waals surface area contributed by atoms with Gasteiger partial charge in [0.05, 0.1) is 13.3 Å². The van der Waals surface area contributed by atoms with E-state index in [2.05, 4.69) is 29.4 Å². The van der Waals surface area contributed by atoms with Crippen molar-refractivity contribution in [2.75, 3.05) is 12.8 Å². The number of aryl methyl sites for hydroxylation is 1. The molecule has 0 bridgehead atoms. The molecule has 0 saturated carbocycles. The Bertz CT molecular complexity index is 762. The Morgan fingerprint density at radius 1 is 1.10 bits per heavy atom. The third-order valence-electron chi connectivity index (χ3n) is 3.29. The number of hydrogen-bond acceptors (Lipinski definition) is 4. The molecule has 0 aliphatic rings. The van der Waals surface area contributed by atoms with Crippen molar-refractivity contribution in [2.24, 2.45) is 0 Å². The lowest BCUT2D eigenvalue weighted by Gasteiger charge is -2.08. The van der Waals surface area contributed by atoms with Gasteiger partial charge in [-0.15, -0.1) is 5.10 Å². The van der Waals surface area contributed by atoms with Crippen LogP contribution in [-0.4, -0.2) is 22.1 Å². The van der Waals surface area contributed by atoms with Crippen LogP contribution < -0.4 is 10.5 Å². The van der Waals surface area contributed by atoms with Crippen molar-refractivity contribution in [1.29, 1.82) is 0 Å². The maximum Gasteiger partial charge on any atom is 0.144 e. The second kappa shape index (κ2) is 5.28. The number of nitrogens with two attached hydrogens (primary N) is 1. The highest BCUT2D eigenvalue weighted by molar-refractivity contribution is 5.60. The first-order valence-corrected chi connectivity index (χ1v) is 6.60. The molecule has 1 aromatic heterocycles. The van der Waals surface area contributed by atoms with Crippen LogP contribution in [0.5, 0.6) is 5.75 Å². The molecule has 0 spiro atoms. The highest BCUT2D eigenvalue weighted by Crippen LogP contribution is 2.26. The van der Waals surface area contributed by atoms with E-state index < -0.39 is 0 Å². The zero-order valence-corrected chi connectivity index (χ0v) is 11.9. The Balaban J connectivity index is 2.02. The lowest BCUT2D eigenvalue weighted by atomic mass is 10.1. The van der Waals surface area contributed by atoms with Crippen molar-refractivity contribution < 1.29 is 4.74 Å². The third-order valence-corrected chi connectivity index (χ3v) is 3.29. The van der Waals surface area contributed by atoms with Crippen molar-refractivity contribution in [1.82, 2.24) is 15.0 Å². The summed E-state index contributed by atoms with van der Waals surface area (Å²) in [5.74, 6) is 0.699. The summed E-state index contributed by atoms with van der Waals surface area (Å²) >= 11 is 0. The van der Waals surface area contributed by atoms with Gasteiger partial charge in [-0.05, 0) is 25.1 Å². The topological polar surface area (TPSA) is 66.0 Å². The summed E-state index contributed by atoms with van der Waals surface area (Å²) in [6, 6.07) is 13.6. The molecule has 0 atom stereocenters. The van der Waals surface area contributed by atoms with Crippen LogP contribution in [0.25, 0.3) is 16.9 Å². The summed E-state index contributed by atoms with van der Waals surface area (Å²) in [6.07, 6.45) is 1.86. The van der Waals surface area contributed by atoms with E-state index in [1.165, 1.54) is 5.56 Å². The van der Waals surface area contributed by atoms with Crippen LogP contribution in [0.2, 0.25) is 0 Å². The second-order valence-corrected chi connectivity index (χ2v) is 4.85. The van der Waals surface area contributed by atoms with Crippen LogP contribution in [0, 0.1) is 6.92 Å². The zero-order valence-electron chi connectivity index (χ0n) is 11.9. The van der Waals surface area contributed by atoms with E-state index in [-0.39, 0.29) is 0 Å². The molecule has 5 nitrogen and oxygen atoms in total. The zero-order chi connectivity index (χ0) is 14.8. The Hall–Kier alpha value is -2.82. The SMILES string of the molecule is COc1ccc(N)cc1-n1cc(-c2ccc(C)cc2)nn1. The van der Waals surface area contributed by atoms with Crippen LogP contribution in [0.1, 0.15) is 5.56 Å².